The molecule has 3 nitrogen and oxygen atoms in total. The van der Waals surface area contributed by atoms with Crippen LogP contribution in [0, 0.1) is 5.82 Å². The second-order valence-corrected chi connectivity index (χ2v) is 3.56. The Morgan fingerprint density at radius 2 is 2.06 bits per heavy atom. The molecule has 2 N–H and O–H groups in total. The summed E-state index contributed by atoms with van der Waals surface area (Å²) in [6.07, 6.45) is 1.55. The first-order chi connectivity index (χ1) is 7.72. The largest absolute Gasteiger partial charge is 0.338 e. The molecule has 0 saturated heterocycles. The molecule has 0 aliphatic carbocycles. The molecule has 2 amide bonds. The summed E-state index contributed by atoms with van der Waals surface area (Å²) < 4.78 is 12.8. The van der Waals surface area contributed by atoms with E-state index in [0.717, 1.165) is 12.0 Å². The smallest absolute Gasteiger partial charge is 0.314 e. The van der Waals surface area contributed by atoms with Gasteiger partial charge in [0.05, 0.1) is 0 Å². The highest BCUT2D eigenvalue weighted by atomic mass is 19.1. The maximum atomic E-state index is 12.8. The van der Waals surface area contributed by atoms with Gasteiger partial charge in [-0.3, -0.25) is 0 Å². The minimum atomic E-state index is -0.243. The minimum absolute atomic E-state index is 0.168. The molecule has 0 atom stereocenters. The quantitative estimate of drug-likeness (QED) is 0.790. The number of hydrogen-bond acceptors (Lipinski definition) is 1. The first kappa shape index (κ1) is 12.5. The van der Waals surface area contributed by atoms with E-state index >= 15 is 0 Å². The molecule has 4 heteroatoms. The fraction of sp³-hybridized carbons (Fsp3) is 0.417. The van der Waals surface area contributed by atoms with Gasteiger partial charge in [-0.05, 0) is 30.5 Å². The molecule has 0 bridgehead atoms. The maximum absolute atomic E-state index is 12.8. The lowest BCUT2D eigenvalue weighted by atomic mass is 10.1. The van der Waals surface area contributed by atoms with E-state index in [1.165, 1.54) is 12.1 Å². The zero-order valence-corrected chi connectivity index (χ0v) is 9.42. The Kier molecular flexibility index (Phi) is 5.32. The van der Waals surface area contributed by atoms with Gasteiger partial charge in [-0.1, -0.05) is 19.1 Å². The molecule has 0 spiro atoms. The van der Waals surface area contributed by atoms with E-state index in [-0.39, 0.29) is 11.8 Å². The van der Waals surface area contributed by atoms with Crippen molar-refractivity contribution in [3.8, 4) is 0 Å². The van der Waals surface area contributed by atoms with Crippen molar-refractivity contribution in [3.05, 3.63) is 35.6 Å². The SMILES string of the molecule is CCCNC(=O)NCCc1cccc(F)c1. The van der Waals surface area contributed by atoms with Crippen LogP contribution in [0.1, 0.15) is 18.9 Å². The molecular formula is C12H17FN2O. The van der Waals surface area contributed by atoms with Crippen LogP contribution in [0.4, 0.5) is 9.18 Å². The number of carbonyl (C=O) groups is 1. The van der Waals surface area contributed by atoms with Gasteiger partial charge >= 0.3 is 6.03 Å². The van der Waals surface area contributed by atoms with Gasteiger partial charge in [0.2, 0.25) is 0 Å². The predicted molar refractivity (Wildman–Crippen MR) is 61.8 cm³/mol. The second-order valence-electron chi connectivity index (χ2n) is 3.56. The van der Waals surface area contributed by atoms with Crippen molar-refractivity contribution < 1.29 is 9.18 Å². The molecule has 0 fully saturated rings. The third-order valence-corrected chi connectivity index (χ3v) is 2.12. The molecule has 0 radical (unpaired) electrons. The Hall–Kier alpha value is -1.58. The number of halogens is 1. The first-order valence-electron chi connectivity index (χ1n) is 5.48. The molecular weight excluding hydrogens is 207 g/mol. The third kappa shape index (κ3) is 4.77. The van der Waals surface area contributed by atoms with Crippen LogP contribution in [0.2, 0.25) is 0 Å². The highest BCUT2D eigenvalue weighted by Gasteiger charge is 1.99. The number of nitrogens with one attached hydrogen (secondary N) is 2. The highest BCUT2D eigenvalue weighted by molar-refractivity contribution is 5.73. The molecule has 0 unspecified atom stereocenters. The van der Waals surface area contributed by atoms with Crippen molar-refractivity contribution in [2.24, 2.45) is 0 Å². The van der Waals surface area contributed by atoms with Crippen LogP contribution < -0.4 is 10.6 Å². The number of urea groups is 1. The van der Waals surface area contributed by atoms with Gasteiger partial charge in [-0.25, -0.2) is 9.18 Å². The van der Waals surface area contributed by atoms with Crippen molar-refractivity contribution in [2.45, 2.75) is 19.8 Å². The summed E-state index contributed by atoms with van der Waals surface area (Å²) in [5.41, 5.74) is 0.885. The Morgan fingerprint density at radius 3 is 2.75 bits per heavy atom. The topological polar surface area (TPSA) is 41.1 Å². The van der Waals surface area contributed by atoms with Gasteiger partial charge in [0.1, 0.15) is 5.82 Å². The molecule has 0 aliphatic rings. The zero-order chi connectivity index (χ0) is 11.8. The lowest BCUT2D eigenvalue weighted by molar-refractivity contribution is 0.241. The predicted octanol–water partition coefficient (Wildman–Crippen LogP) is 2.08. The fourth-order valence-corrected chi connectivity index (χ4v) is 1.31. The van der Waals surface area contributed by atoms with Crippen LogP contribution in [0.25, 0.3) is 0 Å². The molecule has 1 aromatic rings. The molecule has 0 aliphatic heterocycles. The molecule has 88 valence electrons. The molecule has 0 aromatic heterocycles. The van der Waals surface area contributed by atoms with Gasteiger partial charge in [-0.2, -0.15) is 0 Å². The monoisotopic (exact) mass is 224 g/mol. The first-order valence-corrected chi connectivity index (χ1v) is 5.48. The Balaban J connectivity index is 2.22. The van der Waals surface area contributed by atoms with Gasteiger partial charge in [-0.15, -0.1) is 0 Å². The molecule has 1 rings (SSSR count). The average Bonchev–Trinajstić information content (AvgIpc) is 2.26. The van der Waals surface area contributed by atoms with Crippen LogP contribution in [-0.2, 0) is 6.42 Å². The second kappa shape index (κ2) is 6.82. The normalized spacial score (nSPS) is 9.88. The van der Waals surface area contributed by atoms with E-state index in [1.807, 2.05) is 13.0 Å². The Morgan fingerprint density at radius 1 is 1.31 bits per heavy atom. The maximum Gasteiger partial charge on any atom is 0.314 e. The number of amides is 2. The number of hydrogen-bond donors (Lipinski definition) is 2. The van der Waals surface area contributed by atoms with Crippen LogP contribution in [-0.4, -0.2) is 19.1 Å². The summed E-state index contributed by atoms with van der Waals surface area (Å²) in [5.74, 6) is -0.243. The van der Waals surface area contributed by atoms with Crippen molar-refractivity contribution in [1.82, 2.24) is 10.6 Å². The van der Waals surface area contributed by atoms with Crippen molar-refractivity contribution in [2.75, 3.05) is 13.1 Å². The van der Waals surface area contributed by atoms with E-state index in [2.05, 4.69) is 10.6 Å². The Labute approximate surface area is 95.0 Å². The van der Waals surface area contributed by atoms with E-state index < -0.39 is 0 Å². The van der Waals surface area contributed by atoms with Crippen molar-refractivity contribution in [1.29, 1.82) is 0 Å². The number of benzene rings is 1. The van der Waals surface area contributed by atoms with Crippen LogP contribution >= 0.6 is 0 Å². The fourth-order valence-electron chi connectivity index (χ4n) is 1.31. The standard InChI is InChI=1S/C12H17FN2O/c1-2-7-14-12(16)15-8-6-10-4-3-5-11(13)9-10/h3-5,9H,2,6-8H2,1H3,(H2,14,15,16). The molecule has 1 aromatic carbocycles. The van der Waals surface area contributed by atoms with Gasteiger partial charge in [0.15, 0.2) is 0 Å². The summed E-state index contributed by atoms with van der Waals surface area (Å²) in [7, 11) is 0. The average molecular weight is 224 g/mol. The molecule has 0 saturated carbocycles. The zero-order valence-electron chi connectivity index (χ0n) is 9.42. The summed E-state index contributed by atoms with van der Waals surface area (Å²) in [4.78, 5) is 11.2. The van der Waals surface area contributed by atoms with Crippen LogP contribution in [0.5, 0.6) is 0 Å². The number of rotatable bonds is 5. The summed E-state index contributed by atoms with van der Waals surface area (Å²) in [6.45, 7) is 3.18. The van der Waals surface area contributed by atoms with Crippen LogP contribution in [0.3, 0.4) is 0 Å². The Bertz CT molecular complexity index is 342. The van der Waals surface area contributed by atoms with E-state index in [9.17, 15) is 9.18 Å². The van der Waals surface area contributed by atoms with Gasteiger partial charge in [0, 0.05) is 13.1 Å². The van der Waals surface area contributed by atoms with Gasteiger partial charge < -0.3 is 10.6 Å². The van der Waals surface area contributed by atoms with E-state index in [0.29, 0.717) is 19.5 Å². The van der Waals surface area contributed by atoms with E-state index in [4.69, 9.17) is 0 Å². The lowest BCUT2D eigenvalue weighted by Gasteiger charge is -2.06. The lowest BCUT2D eigenvalue weighted by Crippen LogP contribution is -2.36. The number of carbonyl (C=O) groups excluding carboxylic acids is 1. The highest BCUT2D eigenvalue weighted by Crippen LogP contribution is 2.03. The van der Waals surface area contributed by atoms with Crippen molar-refractivity contribution in [3.63, 3.8) is 0 Å². The summed E-state index contributed by atoms with van der Waals surface area (Å²) in [5, 5.41) is 5.42. The minimum Gasteiger partial charge on any atom is -0.338 e. The van der Waals surface area contributed by atoms with Crippen LogP contribution in [0.15, 0.2) is 24.3 Å². The summed E-state index contributed by atoms with van der Waals surface area (Å²) in [6, 6.07) is 6.23. The van der Waals surface area contributed by atoms with Crippen molar-refractivity contribution >= 4 is 6.03 Å². The third-order valence-electron chi connectivity index (χ3n) is 2.12. The summed E-state index contributed by atoms with van der Waals surface area (Å²) >= 11 is 0. The molecule has 0 heterocycles. The molecule has 16 heavy (non-hydrogen) atoms. The van der Waals surface area contributed by atoms with Gasteiger partial charge in [0.25, 0.3) is 0 Å². The van der Waals surface area contributed by atoms with E-state index in [1.54, 1.807) is 6.07 Å².